The monoisotopic (exact) mass is 224 g/mol. The van der Waals surface area contributed by atoms with Crippen LogP contribution in [0.1, 0.15) is 18.7 Å². The summed E-state index contributed by atoms with van der Waals surface area (Å²) < 4.78 is 10.4. The van der Waals surface area contributed by atoms with E-state index in [2.05, 4.69) is 5.32 Å². The molecule has 1 aliphatic rings. The first-order valence-corrected chi connectivity index (χ1v) is 5.35. The van der Waals surface area contributed by atoms with Gasteiger partial charge in [-0.25, -0.2) is 0 Å². The predicted molar refractivity (Wildman–Crippen MR) is 57.6 cm³/mol. The number of carbonyl (C=O) groups excluding carboxylic acids is 1. The van der Waals surface area contributed by atoms with E-state index in [1.165, 1.54) is 0 Å². The minimum atomic E-state index is -0.252. The number of ether oxygens (including phenoxy) is 1. The molecular weight excluding hydrogens is 208 g/mol. The highest BCUT2D eigenvalue weighted by Crippen LogP contribution is 2.16. The third-order valence-electron chi connectivity index (χ3n) is 2.79. The van der Waals surface area contributed by atoms with Crippen LogP contribution in [0.3, 0.4) is 0 Å². The summed E-state index contributed by atoms with van der Waals surface area (Å²) in [5.74, 6) is 0.409. The molecule has 16 heavy (non-hydrogen) atoms. The topological polar surface area (TPSA) is 77.5 Å². The number of nitrogens with two attached hydrogens (primary N) is 1. The molecular formula is C11H16N2O3. The van der Waals surface area contributed by atoms with E-state index in [1.807, 2.05) is 13.0 Å². The van der Waals surface area contributed by atoms with Gasteiger partial charge in [-0.1, -0.05) is 0 Å². The maximum atomic E-state index is 11.8. The van der Waals surface area contributed by atoms with Crippen LogP contribution in [0.15, 0.2) is 22.8 Å². The molecule has 5 nitrogen and oxygen atoms in total. The lowest BCUT2D eigenvalue weighted by molar-refractivity contribution is -0.126. The summed E-state index contributed by atoms with van der Waals surface area (Å²) in [7, 11) is 0. The number of hydrogen-bond donors (Lipinski definition) is 2. The van der Waals surface area contributed by atoms with Crippen molar-refractivity contribution in [2.24, 2.45) is 11.7 Å². The summed E-state index contributed by atoms with van der Waals surface area (Å²) in [5, 5.41) is 2.86. The van der Waals surface area contributed by atoms with Crippen LogP contribution >= 0.6 is 0 Å². The number of amides is 1. The van der Waals surface area contributed by atoms with Gasteiger partial charge in [0.2, 0.25) is 5.91 Å². The molecule has 2 rings (SSSR count). The third-order valence-corrected chi connectivity index (χ3v) is 2.79. The van der Waals surface area contributed by atoms with Crippen molar-refractivity contribution in [2.75, 3.05) is 13.2 Å². The average Bonchev–Trinajstić information content (AvgIpc) is 2.86. The molecule has 0 spiro atoms. The molecule has 1 amide bonds. The second-order valence-electron chi connectivity index (χ2n) is 4.05. The van der Waals surface area contributed by atoms with Crippen molar-refractivity contribution in [1.82, 2.24) is 5.32 Å². The summed E-state index contributed by atoms with van der Waals surface area (Å²) >= 11 is 0. The van der Waals surface area contributed by atoms with Gasteiger partial charge in [-0.15, -0.1) is 0 Å². The van der Waals surface area contributed by atoms with Crippen LogP contribution in [0.2, 0.25) is 0 Å². The fourth-order valence-electron chi connectivity index (χ4n) is 1.77. The Morgan fingerprint density at radius 3 is 3.00 bits per heavy atom. The number of nitrogens with one attached hydrogen (secondary N) is 1. The van der Waals surface area contributed by atoms with Crippen molar-refractivity contribution in [1.29, 1.82) is 0 Å². The molecule has 3 N–H and O–H groups in total. The molecule has 5 heteroatoms. The second-order valence-corrected chi connectivity index (χ2v) is 4.05. The lowest BCUT2D eigenvalue weighted by Gasteiger charge is -2.16. The van der Waals surface area contributed by atoms with Gasteiger partial charge in [-0.3, -0.25) is 4.79 Å². The van der Waals surface area contributed by atoms with Crippen LogP contribution in [-0.2, 0) is 9.53 Å². The largest absolute Gasteiger partial charge is 0.467 e. The normalized spacial score (nSPS) is 26.6. The lowest BCUT2D eigenvalue weighted by atomic mass is 10.0. The number of furan rings is 1. The van der Waals surface area contributed by atoms with Gasteiger partial charge < -0.3 is 20.2 Å². The first-order chi connectivity index (χ1) is 7.68. The van der Waals surface area contributed by atoms with Crippen molar-refractivity contribution in [3.63, 3.8) is 0 Å². The Hall–Kier alpha value is -1.33. The van der Waals surface area contributed by atoms with E-state index >= 15 is 0 Å². The molecule has 2 unspecified atom stereocenters. The van der Waals surface area contributed by atoms with Crippen LogP contribution in [-0.4, -0.2) is 25.2 Å². The molecule has 2 heterocycles. The SMILES string of the molecule is C[C@H](NC(=O)C1COCC1N)c1ccco1. The molecule has 1 aliphatic heterocycles. The molecule has 1 fully saturated rings. The molecule has 3 atom stereocenters. The summed E-state index contributed by atoms with van der Waals surface area (Å²) in [4.78, 5) is 11.8. The molecule has 0 saturated carbocycles. The Morgan fingerprint density at radius 1 is 1.62 bits per heavy atom. The number of hydrogen-bond acceptors (Lipinski definition) is 4. The van der Waals surface area contributed by atoms with E-state index in [4.69, 9.17) is 14.9 Å². The second kappa shape index (κ2) is 4.67. The highest BCUT2D eigenvalue weighted by molar-refractivity contribution is 5.80. The molecule has 1 aromatic rings. The molecule has 88 valence electrons. The van der Waals surface area contributed by atoms with Crippen LogP contribution in [0.5, 0.6) is 0 Å². The molecule has 1 saturated heterocycles. The standard InChI is InChI=1S/C11H16N2O3/c1-7(10-3-2-4-16-10)13-11(14)8-5-15-6-9(8)12/h2-4,7-9H,5-6,12H2,1H3,(H,13,14)/t7-,8?,9?/m0/s1. The average molecular weight is 224 g/mol. The predicted octanol–water partition coefficient (Wildman–Crippen LogP) is 0.431. The van der Waals surface area contributed by atoms with Gasteiger partial charge in [0, 0.05) is 6.04 Å². The van der Waals surface area contributed by atoms with Crippen LogP contribution < -0.4 is 11.1 Å². The van der Waals surface area contributed by atoms with Crippen LogP contribution in [0.25, 0.3) is 0 Å². The lowest BCUT2D eigenvalue weighted by Crippen LogP contribution is -2.41. The van der Waals surface area contributed by atoms with E-state index in [9.17, 15) is 4.79 Å². The van der Waals surface area contributed by atoms with E-state index < -0.39 is 0 Å². The zero-order chi connectivity index (χ0) is 11.5. The van der Waals surface area contributed by atoms with E-state index in [-0.39, 0.29) is 23.9 Å². The Morgan fingerprint density at radius 2 is 2.44 bits per heavy atom. The maximum absolute atomic E-state index is 11.8. The van der Waals surface area contributed by atoms with Gasteiger partial charge in [0.1, 0.15) is 5.76 Å². The number of rotatable bonds is 3. The summed E-state index contributed by atoms with van der Waals surface area (Å²) in [6.45, 7) is 2.73. The van der Waals surface area contributed by atoms with Crippen molar-refractivity contribution in [3.8, 4) is 0 Å². The fraction of sp³-hybridized carbons (Fsp3) is 0.545. The summed E-state index contributed by atoms with van der Waals surface area (Å²) in [6.07, 6.45) is 1.59. The zero-order valence-corrected chi connectivity index (χ0v) is 9.18. The van der Waals surface area contributed by atoms with Gasteiger partial charge in [0.05, 0.1) is 31.4 Å². The Bertz CT molecular complexity index is 350. The highest BCUT2D eigenvalue weighted by Gasteiger charge is 2.32. The Balaban J connectivity index is 1.92. The van der Waals surface area contributed by atoms with Crippen LogP contribution in [0.4, 0.5) is 0 Å². The van der Waals surface area contributed by atoms with Crippen molar-refractivity contribution in [2.45, 2.75) is 19.0 Å². The maximum Gasteiger partial charge on any atom is 0.227 e. The smallest absolute Gasteiger partial charge is 0.227 e. The van der Waals surface area contributed by atoms with Gasteiger partial charge in [0.25, 0.3) is 0 Å². The zero-order valence-electron chi connectivity index (χ0n) is 9.18. The molecule has 0 aliphatic carbocycles. The van der Waals surface area contributed by atoms with Crippen molar-refractivity contribution in [3.05, 3.63) is 24.2 Å². The quantitative estimate of drug-likeness (QED) is 0.780. The molecule has 1 aromatic heterocycles. The third kappa shape index (κ3) is 2.25. The van der Waals surface area contributed by atoms with Gasteiger partial charge in [-0.2, -0.15) is 0 Å². The molecule has 0 bridgehead atoms. The van der Waals surface area contributed by atoms with Gasteiger partial charge in [-0.05, 0) is 19.1 Å². The minimum Gasteiger partial charge on any atom is -0.467 e. The van der Waals surface area contributed by atoms with Crippen molar-refractivity contribution < 1.29 is 13.9 Å². The van der Waals surface area contributed by atoms with E-state index in [0.717, 1.165) is 5.76 Å². The van der Waals surface area contributed by atoms with Crippen LogP contribution in [0, 0.1) is 5.92 Å². The van der Waals surface area contributed by atoms with Crippen molar-refractivity contribution >= 4 is 5.91 Å². The van der Waals surface area contributed by atoms with E-state index in [1.54, 1.807) is 12.3 Å². The van der Waals surface area contributed by atoms with Gasteiger partial charge >= 0.3 is 0 Å². The van der Waals surface area contributed by atoms with E-state index in [0.29, 0.717) is 13.2 Å². The fourth-order valence-corrected chi connectivity index (χ4v) is 1.77. The highest BCUT2D eigenvalue weighted by atomic mass is 16.5. The molecule has 0 aromatic carbocycles. The van der Waals surface area contributed by atoms with Gasteiger partial charge in [0.15, 0.2) is 0 Å². The first kappa shape index (κ1) is 11.2. The summed E-state index contributed by atoms with van der Waals surface area (Å²) in [6, 6.07) is 3.28. The molecule has 0 radical (unpaired) electrons. The minimum absolute atomic E-state index is 0.0751. The Labute approximate surface area is 93.9 Å². The summed E-state index contributed by atoms with van der Waals surface area (Å²) in [5.41, 5.74) is 5.77. The first-order valence-electron chi connectivity index (χ1n) is 5.35. The Kier molecular flexibility index (Phi) is 3.26. The number of carbonyl (C=O) groups is 1.